The quantitative estimate of drug-likeness (QED) is 0.489. The molecule has 2 heterocycles. The Morgan fingerprint density at radius 3 is 2.80 bits per heavy atom. The maximum absolute atomic E-state index is 12.6. The molecule has 0 aromatic carbocycles. The standard InChI is InChI=1S/C13H18ClN3O3/c1-15-11(6-7-12(15)17(19)20)13(18)16-8-4-2-3-5-10(16)9-14/h6-7,10H,2-5,8-9H2,1H3. The maximum atomic E-state index is 12.6. The highest BCUT2D eigenvalue weighted by atomic mass is 35.5. The van der Waals surface area contributed by atoms with E-state index in [1.165, 1.54) is 16.7 Å². The Labute approximate surface area is 122 Å². The van der Waals surface area contributed by atoms with E-state index in [9.17, 15) is 14.9 Å². The molecule has 0 saturated carbocycles. The molecule has 0 radical (unpaired) electrons. The molecule has 1 aromatic heterocycles. The van der Waals surface area contributed by atoms with Crippen molar-refractivity contribution in [3.05, 3.63) is 27.9 Å². The zero-order valence-corrected chi connectivity index (χ0v) is 12.2. The van der Waals surface area contributed by atoms with Crippen LogP contribution >= 0.6 is 11.6 Å². The molecule has 1 fully saturated rings. The van der Waals surface area contributed by atoms with Crippen LogP contribution < -0.4 is 0 Å². The summed E-state index contributed by atoms with van der Waals surface area (Å²) in [7, 11) is 1.54. The monoisotopic (exact) mass is 299 g/mol. The van der Waals surface area contributed by atoms with Gasteiger partial charge in [-0.05, 0) is 23.8 Å². The van der Waals surface area contributed by atoms with Gasteiger partial charge in [0.05, 0.1) is 7.05 Å². The van der Waals surface area contributed by atoms with Crippen LogP contribution in [-0.2, 0) is 7.05 Å². The van der Waals surface area contributed by atoms with Gasteiger partial charge in [0.25, 0.3) is 5.91 Å². The summed E-state index contributed by atoms with van der Waals surface area (Å²) in [5.41, 5.74) is 0.341. The topological polar surface area (TPSA) is 68.4 Å². The highest BCUT2D eigenvalue weighted by molar-refractivity contribution is 6.18. The van der Waals surface area contributed by atoms with Gasteiger partial charge in [0.2, 0.25) is 0 Å². The minimum Gasteiger partial charge on any atom is -0.358 e. The second-order valence-corrected chi connectivity index (χ2v) is 5.36. The van der Waals surface area contributed by atoms with Crippen LogP contribution in [0, 0.1) is 10.1 Å². The van der Waals surface area contributed by atoms with E-state index in [-0.39, 0.29) is 17.8 Å². The summed E-state index contributed by atoms with van der Waals surface area (Å²) < 4.78 is 1.33. The summed E-state index contributed by atoms with van der Waals surface area (Å²) >= 11 is 5.97. The van der Waals surface area contributed by atoms with Gasteiger partial charge in [0.1, 0.15) is 0 Å². The molecule has 1 aliphatic rings. The third-order valence-corrected chi connectivity index (χ3v) is 4.17. The Hall–Kier alpha value is -1.56. The fourth-order valence-corrected chi connectivity index (χ4v) is 2.97. The average Bonchev–Trinajstić information content (AvgIpc) is 2.66. The lowest BCUT2D eigenvalue weighted by molar-refractivity contribution is -0.391. The first-order valence-corrected chi connectivity index (χ1v) is 7.26. The fourth-order valence-electron chi connectivity index (χ4n) is 2.65. The van der Waals surface area contributed by atoms with Crippen molar-refractivity contribution in [2.75, 3.05) is 12.4 Å². The molecule has 20 heavy (non-hydrogen) atoms. The number of hydrogen-bond acceptors (Lipinski definition) is 3. The van der Waals surface area contributed by atoms with E-state index in [4.69, 9.17) is 11.6 Å². The van der Waals surface area contributed by atoms with E-state index in [0.717, 1.165) is 25.7 Å². The van der Waals surface area contributed by atoms with Crippen molar-refractivity contribution < 1.29 is 9.72 Å². The van der Waals surface area contributed by atoms with E-state index >= 15 is 0 Å². The molecule has 110 valence electrons. The van der Waals surface area contributed by atoms with Gasteiger partial charge in [-0.2, -0.15) is 0 Å². The molecule has 1 amide bonds. The maximum Gasteiger partial charge on any atom is 0.323 e. The molecular weight excluding hydrogens is 282 g/mol. The second-order valence-electron chi connectivity index (χ2n) is 5.05. The molecular formula is C13H18ClN3O3. The van der Waals surface area contributed by atoms with Crippen LogP contribution in [0.25, 0.3) is 0 Å². The summed E-state index contributed by atoms with van der Waals surface area (Å²) in [5.74, 6) is 0.150. The number of amides is 1. The zero-order chi connectivity index (χ0) is 14.7. The van der Waals surface area contributed by atoms with Crippen LogP contribution in [0.4, 0.5) is 5.82 Å². The van der Waals surface area contributed by atoms with Crippen LogP contribution in [0.5, 0.6) is 0 Å². The van der Waals surface area contributed by atoms with E-state index in [2.05, 4.69) is 0 Å². The Kier molecular flexibility index (Phi) is 4.65. The number of nitro groups is 1. The molecule has 1 aliphatic heterocycles. The van der Waals surface area contributed by atoms with Gasteiger partial charge in [-0.15, -0.1) is 11.6 Å². The number of alkyl halides is 1. The highest BCUT2D eigenvalue weighted by Gasteiger charge is 2.30. The lowest BCUT2D eigenvalue weighted by atomic mass is 10.1. The molecule has 0 spiro atoms. The van der Waals surface area contributed by atoms with Crippen LogP contribution in [0.3, 0.4) is 0 Å². The third-order valence-electron chi connectivity index (χ3n) is 3.82. The molecule has 1 aromatic rings. The number of nitrogens with zero attached hydrogens (tertiary/aromatic N) is 3. The van der Waals surface area contributed by atoms with E-state index in [1.807, 2.05) is 0 Å². The minimum atomic E-state index is -0.488. The number of aromatic nitrogens is 1. The van der Waals surface area contributed by atoms with Crippen molar-refractivity contribution in [2.45, 2.75) is 31.7 Å². The summed E-state index contributed by atoms with van der Waals surface area (Å²) in [4.78, 5) is 24.7. The van der Waals surface area contributed by atoms with Gasteiger partial charge >= 0.3 is 5.82 Å². The van der Waals surface area contributed by atoms with Crippen molar-refractivity contribution in [2.24, 2.45) is 7.05 Å². The van der Waals surface area contributed by atoms with Gasteiger partial charge < -0.3 is 15.0 Å². The van der Waals surface area contributed by atoms with E-state index < -0.39 is 4.92 Å². The van der Waals surface area contributed by atoms with E-state index in [1.54, 1.807) is 11.9 Å². The van der Waals surface area contributed by atoms with Gasteiger partial charge in [-0.1, -0.05) is 12.8 Å². The van der Waals surface area contributed by atoms with Crippen molar-refractivity contribution in [3.8, 4) is 0 Å². The average molecular weight is 300 g/mol. The predicted molar refractivity (Wildman–Crippen MR) is 76.1 cm³/mol. The molecule has 1 unspecified atom stereocenters. The molecule has 0 N–H and O–H groups in total. The summed E-state index contributed by atoms with van der Waals surface area (Å²) in [5, 5.41) is 10.8. The lowest BCUT2D eigenvalue weighted by Crippen LogP contribution is -2.41. The Bertz CT molecular complexity index is 515. The zero-order valence-electron chi connectivity index (χ0n) is 11.4. The molecule has 0 aliphatic carbocycles. The Morgan fingerprint density at radius 1 is 1.45 bits per heavy atom. The fraction of sp³-hybridized carbons (Fsp3) is 0.615. The van der Waals surface area contributed by atoms with Crippen LogP contribution in [0.15, 0.2) is 12.1 Å². The first-order valence-electron chi connectivity index (χ1n) is 6.73. The van der Waals surface area contributed by atoms with Gasteiger partial charge in [-0.3, -0.25) is 4.79 Å². The van der Waals surface area contributed by atoms with Crippen molar-refractivity contribution >= 4 is 23.3 Å². The SMILES string of the molecule is Cn1c(C(=O)N2CCCCCC2CCl)ccc1[N+](=O)[O-]. The number of carbonyl (C=O) groups excluding carboxylic acids is 1. The molecule has 1 saturated heterocycles. The Balaban J connectivity index is 2.27. The predicted octanol–water partition coefficient (Wildman–Crippen LogP) is 2.56. The van der Waals surface area contributed by atoms with Gasteiger partial charge in [0.15, 0.2) is 5.69 Å². The first kappa shape index (κ1) is 14.8. The molecule has 0 bridgehead atoms. The Morgan fingerprint density at radius 2 is 2.20 bits per heavy atom. The molecule has 2 rings (SSSR count). The highest BCUT2D eigenvalue weighted by Crippen LogP contribution is 2.22. The summed E-state index contributed by atoms with van der Waals surface area (Å²) in [6.07, 6.45) is 3.99. The summed E-state index contributed by atoms with van der Waals surface area (Å²) in [6, 6.07) is 2.89. The number of halogens is 1. The summed E-state index contributed by atoms with van der Waals surface area (Å²) in [6.45, 7) is 0.662. The smallest absolute Gasteiger partial charge is 0.323 e. The lowest BCUT2D eigenvalue weighted by Gasteiger charge is -2.27. The second kappa shape index (κ2) is 6.26. The van der Waals surface area contributed by atoms with E-state index in [0.29, 0.717) is 18.1 Å². The van der Waals surface area contributed by atoms with Crippen molar-refractivity contribution in [1.82, 2.24) is 9.47 Å². The normalized spacial score (nSPS) is 19.7. The third kappa shape index (κ3) is 2.80. The largest absolute Gasteiger partial charge is 0.358 e. The van der Waals surface area contributed by atoms with Gasteiger partial charge in [-0.25, -0.2) is 4.57 Å². The van der Waals surface area contributed by atoms with Crippen LogP contribution in [-0.4, -0.2) is 38.8 Å². The number of rotatable bonds is 3. The van der Waals surface area contributed by atoms with Crippen molar-refractivity contribution in [1.29, 1.82) is 0 Å². The number of likely N-dealkylation sites (tertiary alicyclic amines) is 1. The number of hydrogen-bond donors (Lipinski definition) is 0. The minimum absolute atomic E-state index is 0.0145. The molecule has 7 heteroatoms. The first-order chi connectivity index (χ1) is 9.56. The van der Waals surface area contributed by atoms with Gasteiger partial charge in [0, 0.05) is 24.5 Å². The van der Waals surface area contributed by atoms with Crippen molar-refractivity contribution in [3.63, 3.8) is 0 Å². The number of carbonyl (C=O) groups is 1. The van der Waals surface area contributed by atoms with Crippen LogP contribution in [0.1, 0.15) is 36.2 Å². The molecule has 1 atom stereocenters. The van der Waals surface area contributed by atoms with Crippen LogP contribution in [0.2, 0.25) is 0 Å². The molecule has 6 nitrogen and oxygen atoms in total.